The maximum absolute atomic E-state index is 14.1. The summed E-state index contributed by atoms with van der Waals surface area (Å²) >= 11 is 0. The largest absolute Gasteiger partial charge is 0.481 e. The van der Waals surface area contributed by atoms with Gasteiger partial charge in [0.25, 0.3) is 11.8 Å². The monoisotopic (exact) mass is 636 g/mol. The minimum absolute atomic E-state index is 0.0153. The Bertz CT molecular complexity index is 1760. The van der Waals surface area contributed by atoms with Crippen LogP contribution >= 0.6 is 0 Å². The molecule has 236 valence electrons. The summed E-state index contributed by atoms with van der Waals surface area (Å²) < 4.78 is 31.7. The number of carbonyl (C=O) groups is 4. The van der Waals surface area contributed by atoms with Gasteiger partial charge in [0, 0.05) is 41.8 Å². The van der Waals surface area contributed by atoms with Crippen LogP contribution in [0.2, 0.25) is 0 Å². The van der Waals surface area contributed by atoms with Gasteiger partial charge in [0.2, 0.25) is 0 Å². The summed E-state index contributed by atoms with van der Waals surface area (Å²) in [5, 5.41) is 20.4. The number of aromatic nitrogens is 1. The van der Waals surface area contributed by atoms with Crippen molar-refractivity contribution < 1.29 is 38.0 Å². The molecule has 0 atom stereocenters. The van der Waals surface area contributed by atoms with Gasteiger partial charge in [-0.05, 0) is 69.0 Å². The molecule has 0 spiro atoms. The fraction of sp³-hybridized carbons (Fsp3) is 0.281. The summed E-state index contributed by atoms with van der Waals surface area (Å²) in [6, 6.07) is 12.1. The molecule has 13 heteroatoms. The number of nitrogens with zero attached hydrogens (tertiary/aromatic N) is 2. The first-order chi connectivity index (χ1) is 21.3. The Morgan fingerprint density at radius 1 is 0.956 bits per heavy atom. The summed E-state index contributed by atoms with van der Waals surface area (Å²) in [6.45, 7) is 1.75. The van der Waals surface area contributed by atoms with E-state index in [1.807, 2.05) is 0 Å². The molecule has 0 bridgehead atoms. The number of carbonyl (C=O) groups excluding carboxylic acids is 2. The number of halogens is 1. The molecular formula is C32H33FN4O7S. The number of nitrogens with one attached hydrogen (secondary N) is 1. The van der Waals surface area contributed by atoms with Gasteiger partial charge in [0.15, 0.2) is 0 Å². The highest BCUT2D eigenvalue weighted by Gasteiger charge is 2.16. The Labute approximate surface area is 260 Å². The zero-order chi connectivity index (χ0) is 33.0. The smallest absolute Gasteiger partial charge is 0.303 e. The average Bonchev–Trinajstić information content (AvgIpc) is 2.98. The van der Waals surface area contributed by atoms with Crippen LogP contribution in [0.15, 0.2) is 59.1 Å². The third kappa shape index (κ3) is 11.2. The lowest BCUT2D eigenvalue weighted by molar-refractivity contribution is -0.138. The van der Waals surface area contributed by atoms with Gasteiger partial charge in [-0.25, -0.2) is 13.6 Å². The van der Waals surface area contributed by atoms with Gasteiger partial charge >= 0.3 is 11.9 Å². The second-order valence-electron chi connectivity index (χ2n) is 10.2. The Morgan fingerprint density at radius 2 is 1.62 bits per heavy atom. The second-order valence-corrected chi connectivity index (χ2v) is 12.7. The Kier molecular flexibility index (Phi) is 12.3. The molecule has 5 N–H and O–H groups in total. The van der Waals surface area contributed by atoms with Crippen molar-refractivity contribution in [1.82, 2.24) is 4.98 Å². The summed E-state index contributed by atoms with van der Waals surface area (Å²) in [7, 11) is -3.11. The number of benzene rings is 2. The molecule has 45 heavy (non-hydrogen) atoms. The number of hydrogen-bond donors (Lipinski definition) is 4. The molecule has 1 heterocycles. The molecule has 3 rings (SSSR count). The molecule has 2 amide bonds. The van der Waals surface area contributed by atoms with Crippen molar-refractivity contribution in [2.75, 3.05) is 22.6 Å². The Hall–Kier alpha value is -5.09. The summed E-state index contributed by atoms with van der Waals surface area (Å²) in [5.41, 5.74) is 7.65. The van der Waals surface area contributed by atoms with Gasteiger partial charge < -0.3 is 21.3 Å². The number of aryl methyl sites for hydroxylation is 1. The van der Waals surface area contributed by atoms with Crippen LogP contribution in [0.3, 0.4) is 0 Å². The van der Waals surface area contributed by atoms with E-state index in [1.165, 1.54) is 24.4 Å². The normalized spacial score (nSPS) is 10.8. The van der Waals surface area contributed by atoms with E-state index < -0.39 is 39.3 Å². The number of amides is 2. The Balaban J connectivity index is 1.80. The first-order valence-electron chi connectivity index (χ1n) is 14.0. The number of anilines is 2. The van der Waals surface area contributed by atoms with Crippen molar-refractivity contribution in [1.29, 1.82) is 0 Å². The summed E-state index contributed by atoms with van der Waals surface area (Å²) in [5.74, 6) is 1.64. The van der Waals surface area contributed by atoms with Crippen molar-refractivity contribution in [3.8, 4) is 11.8 Å². The highest BCUT2D eigenvalue weighted by molar-refractivity contribution is 7.93. The minimum atomic E-state index is -3.11. The molecule has 1 aromatic heterocycles. The molecule has 11 nitrogen and oxygen atoms in total. The molecule has 2 aromatic carbocycles. The van der Waals surface area contributed by atoms with Crippen LogP contribution in [0.25, 0.3) is 0 Å². The third-order valence-electron chi connectivity index (χ3n) is 6.45. The number of unbranched alkanes of at least 4 members (excludes halogenated alkanes) is 2. The number of pyridine rings is 1. The number of nitrogens with two attached hydrogens (primary N) is 1. The molecule has 0 radical (unpaired) electrons. The maximum atomic E-state index is 14.1. The molecule has 0 saturated carbocycles. The van der Waals surface area contributed by atoms with Gasteiger partial charge in [0.05, 0.1) is 26.4 Å². The van der Waals surface area contributed by atoms with Crippen molar-refractivity contribution in [2.45, 2.75) is 45.4 Å². The summed E-state index contributed by atoms with van der Waals surface area (Å²) in [6.07, 6.45) is 1.97. The lowest BCUT2D eigenvalue weighted by Crippen LogP contribution is -2.15. The number of rotatable bonds is 13. The summed E-state index contributed by atoms with van der Waals surface area (Å²) in [4.78, 5) is 51.4. The van der Waals surface area contributed by atoms with E-state index in [0.29, 0.717) is 11.3 Å². The van der Waals surface area contributed by atoms with E-state index >= 15 is 0 Å². The fourth-order valence-corrected chi connectivity index (χ4v) is 6.23. The van der Waals surface area contributed by atoms with Crippen molar-refractivity contribution >= 4 is 45.0 Å². The van der Waals surface area contributed by atoms with Gasteiger partial charge in [-0.2, -0.15) is 4.36 Å². The molecule has 0 fully saturated rings. The van der Waals surface area contributed by atoms with Crippen molar-refractivity contribution in [3.63, 3.8) is 0 Å². The lowest BCUT2D eigenvalue weighted by atomic mass is 10.1. The molecule has 0 unspecified atom stereocenters. The first kappa shape index (κ1) is 34.4. The predicted octanol–water partition coefficient (Wildman–Crippen LogP) is 4.88. The van der Waals surface area contributed by atoms with Gasteiger partial charge in [-0.3, -0.25) is 19.2 Å². The highest BCUT2D eigenvalue weighted by Crippen LogP contribution is 2.17. The number of hydrogen-bond acceptors (Lipinski definition) is 7. The van der Waals surface area contributed by atoms with Crippen LogP contribution in [0.5, 0.6) is 0 Å². The number of carboxylic acid groups (broad SMARTS) is 2. The number of aliphatic carboxylic acids is 2. The van der Waals surface area contributed by atoms with Crippen LogP contribution in [0, 0.1) is 24.6 Å². The van der Waals surface area contributed by atoms with Crippen molar-refractivity contribution in [2.24, 2.45) is 4.36 Å². The molecule has 3 aromatic rings. The Morgan fingerprint density at radius 3 is 2.27 bits per heavy atom. The average molecular weight is 637 g/mol. The molecule has 0 aliphatic heterocycles. The van der Waals surface area contributed by atoms with E-state index in [1.54, 1.807) is 37.3 Å². The minimum Gasteiger partial charge on any atom is -0.481 e. The number of carboxylic acids is 2. The van der Waals surface area contributed by atoms with Gasteiger partial charge in [-0.1, -0.05) is 29.5 Å². The molecule has 0 saturated heterocycles. The lowest BCUT2D eigenvalue weighted by Gasteiger charge is -2.10. The van der Waals surface area contributed by atoms with E-state index in [4.69, 9.17) is 15.9 Å². The van der Waals surface area contributed by atoms with E-state index in [-0.39, 0.29) is 72.5 Å². The van der Waals surface area contributed by atoms with E-state index in [0.717, 1.165) is 5.56 Å². The molecule has 0 aliphatic rings. The van der Waals surface area contributed by atoms with Gasteiger partial charge in [0.1, 0.15) is 11.6 Å². The zero-order valence-corrected chi connectivity index (χ0v) is 25.4. The maximum Gasteiger partial charge on any atom is 0.303 e. The third-order valence-corrected chi connectivity index (χ3v) is 8.80. The fourth-order valence-electron chi connectivity index (χ4n) is 4.12. The zero-order valence-electron chi connectivity index (χ0n) is 24.5. The van der Waals surface area contributed by atoms with E-state index in [9.17, 15) is 27.8 Å². The SMILES string of the molecule is Cc1ccc(F)c(C(=O)Nc2cccc(C#Cc3cc(C(=O)N=S(=O)(CCCCC(=O)O)CCCCC(=O)O)cnc3N)c2)c1. The highest BCUT2D eigenvalue weighted by atomic mass is 32.2. The second kappa shape index (κ2) is 16.1. The molecule has 0 aliphatic carbocycles. The van der Waals surface area contributed by atoms with Gasteiger partial charge in [-0.15, -0.1) is 0 Å². The topological polar surface area (TPSA) is 189 Å². The standard InChI is InChI=1S/C32H33FN4O7S/c1-21-11-14-27(33)26(17-21)32(43)36-25-8-6-7-22(18-25)12-13-23-19-24(20-35-30(23)34)31(42)37-45(44,15-4-2-9-28(38)39)16-5-3-10-29(40)41/h6-8,11,14,17-20H,2-5,9-10,15-16H2,1H3,(H2,34,35)(H,36,43)(H,38,39)(H,40,41). The predicted molar refractivity (Wildman–Crippen MR) is 168 cm³/mol. The van der Waals surface area contributed by atoms with Crippen LogP contribution in [0.1, 0.15) is 75.9 Å². The first-order valence-corrected chi connectivity index (χ1v) is 15.9. The van der Waals surface area contributed by atoms with Crippen LogP contribution in [-0.4, -0.2) is 54.7 Å². The van der Waals surface area contributed by atoms with E-state index in [2.05, 4.69) is 26.5 Å². The number of nitrogen functional groups attached to an aromatic ring is 1. The van der Waals surface area contributed by atoms with Crippen molar-refractivity contribution in [3.05, 3.63) is 88.4 Å². The molecular weight excluding hydrogens is 603 g/mol. The van der Waals surface area contributed by atoms with Crippen LogP contribution in [0.4, 0.5) is 15.9 Å². The van der Waals surface area contributed by atoms with Crippen LogP contribution in [-0.2, 0) is 19.3 Å². The quantitative estimate of drug-likeness (QED) is 0.150. The van der Waals surface area contributed by atoms with Crippen LogP contribution < -0.4 is 11.1 Å².